The molecule has 0 aromatic heterocycles. The van der Waals surface area contributed by atoms with Crippen LogP contribution in [0.15, 0.2) is 0 Å². The Hall–Kier alpha value is -1.14. The summed E-state index contributed by atoms with van der Waals surface area (Å²) in [5.74, 6) is -2.98. The second-order valence-electron chi connectivity index (χ2n) is 3.16. The van der Waals surface area contributed by atoms with Crippen LogP contribution in [0.25, 0.3) is 0 Å². The largest absolute Gasteiger partial charge is 0.481 e. The molecule has 0 amide bonds. The third-order valence-electron chi connectivity index (χ3n) is 2.00. The number of rotatable bonds is 9. The van der Waals surface area contributed by atoms with Crippen LogP contribution in [0.4, 0.5) is 0 Å². The van der Waals surface area contributed by atoms with Gasteiger partial charge in [-0.15, -0.1) is 0 Å². The molecule has 0 aliphatic carbocycles. The molecule has 94 valence electrons. The van der Waals surface area contributed by atoms with E-state index in [1.807, 2.05) is 0 Å². The summed E-state index contributed by atoms with van der Waals surface area (Å²) in [7, 11) is 2.74. The average Bonchev–Trinajstić information content (AvgIpc) is 2.26. The zero-order valence-electron chi connectivity index (χ0n) is 9.60. The summed E-state index contributed by atoms with van der Waals surface area (Å²) < 4.78 is 14.3. The quantitative estimate of drug-likeness (QED) is 0.351. The number of aliphatic carboxylic acids is 1. The molecule has 0 saturated carbocycles. The average molecular weight is 234 g/mol. The Balaban J connectivity index is 3.69. The number of carboxylic acid groups (broad SMARTS) is 1. The van der Waals surface area contributed by atoms with E-state index in [0.29, 0.717) is 26.2 Å². The highest BCUT2D eigenvalue weighted by Crippen LogP contribution is 2.09. The van der Waals surface area contributed by atoms with Crippen molar-refractivity contribution in [2.24, 2.45) is 5.92 Å². The molecule has 0 fully saturated rings. The number of esters is 1. The lowest BCUT2D eigenvalue weighted by atomic mass is 10.0. The van der Waals surface area contributed by atoms with Crippen LogP contribution in [0.5, 0.6) is 0 Å². The first kappa shape index (κ1) is 14.9. The van der Waals surface area contributed by atoms with Gasteiger partial charge in [0.1, 0.15) is 0 Å². The minimum Gasteiger partial charge on any atom is -0.481 e. The Labute approximate surface area is 94.5 Å². The fraction of sp³-hybridized carbons (Fsp3) is 0.800. The van der Waals surface area contributed by atoms with E-state index in [9.17, 15) is 9.59 Å². The SMILES string of the molecule is COCCOCCCC(C(=O)O)C(=O)OC. The Bertz CT molecular complexity index is 215. The molecule has 6 heteroatoms. The second-order valence-corrected chi connectivity index (χ2v) is 3.16. The molecule has 0 aromatic carbocycles. The molecule has 0 spiro atoms. The van der Waals surface area contributed by atoms with Crippen molar-refractivity contribution in [3.05, 3.63) is 0 Å². The molecule has 0 bridgehead atoms. The summed E-state index contributed by atoms with van der Waals surface area (Å²) in [6, 6.07) is 0. The maximum Gasteiger partial charge on any atom is 0.320 e. The molecule has 0 radical (unpaired) electrons. The van der Waals surface area contributed by atoms with Crippen LogP contribution in [0.2, 0.25) is 0 Å². The fourth-order valence-corrected chi connectivity index (χ4v) is 1.12. The maximum absolute atomic E-state index is 11.1. The summed E-state index contributed by atoms with van der Waals surface area (Å²) >= 11 is 0. The first-order valence-electron chi connectivity index (χ1n) is 5.00. The van der Waals surface area contributed by atoms with Gasteiger partial charge in [-0.25, -0.2) is 0 Å². The van der Waals surface area contributed by atoms with E-state index in [1.54, 1.807) is 7.11 Å². The van der Waals surface area contributed by atoms with Crippen molar-refractivity contribution in [2.45, 2.75) is 12.8 Å². The van der Waals surface area contributed by atoms with Crippen molar-refractivity contribution in [1.29, 1.82) is 0 Å². The summed E-state index contributed by atoms with van der Waals surface area (Å²) in [6.45, 7) is 1.37. The first-order chi connectivity index (χ1) is 7.63. The van der Waals surface area contributed by atoms with Gasteiger partial charge in [-0.2, -0.15) is 0 Å². The fourth-order valence-electron chi connectivity index (χ4n) is 1.12. The van der Waals surface area contributed by atoms with Gasteiger partial charge in [0.25, 0.3) is 0 Å². The number of ether oxygens (including phenoxy) is 3. The monoisotopic (exact) mass is 234 g/mol. The molecule has 0 aliphatic heterocycles. The Morgan fingerprint density at radius 1 is 1.19 bits per heavy atom. The van der Waals surface area contributed by atoms with Gasteiger partial charge in [0.2, 0.25) is 0 Å². The standard InChI is InChI=1S/C10H18O6/c1-14-6-7-16-5-3-4-8(9(11)12)10(13)15-2/h8H,3-7H2,1-2H3,(H,11,12). The van der Waals surface area contributed by atoms with Crippen LogP contribution >= 0.6 is 0 Å². The van der Waals surface area contributed by atoms with Crippen molar-refractivity contribution in [2.75, 3.05) is 34.0 Å². The topological polar surface area (TPSA) is 82.1 Å². The zero-order chi connectivity index (χ0) is 12.4. The van der Waals surface area contributed by atoms with E-state index in [0.717, 1.165) is 0 Å². The van der Waals surface area contributed by atoms with Gasteiger partial charge in [0.15, 0.2) is 5.92 Å². The number of carboxylic acids is 1. The van der Waals surface area contributed by atoms with Crippen molar-refractivity contribution in [3.8, 4) is 0 Å². The van der Waals surface area contributed by atoms with E-state index in [1.165, 1.54) is 7.11 Å². The maximum atomic E-state index is 11.1. The highest BCUT2D eigenvalue weighted by molar-refractivity contribution is 5.93. The molecule has 1 unspecified atom stereocenters. The lowest BCUT2D eigenvalue weighted by molar-refractivity contribution is -0.157. The van der Waals surface area contributed by atoms with Crippen molar-refractivity contribution in [1.82, 2.24) is 0 Å². The van der Waals surface area contributed by atoms with Crippen molar-refractivity contribution in [3.63, 3.8) is 0 Å². The van der Waals surface area contributed by atoms with Crippen LogP contribution in [0.3, 0.4) is 0 Å². The normalized spacial score (nSPS) is 12.1. The number of hydrogen-bond acceptors (Lipinski definition) is 5. The Kier molecular flexibility index (Phi) is 8.46. The number of methoxy groups -OCH3 is 2. The number of carbonyl (C=O) groups is 2. The van der Waals surface area contributed by atoms with E-state index in [2.05, 4.69) is 4.74 Å². The van der Waals surface area contributed by atoms with Crippen LogP contribution in [0.1, 0.15) is 12.8 Å². The predicted octanol–water partition coefficient (Wildman–Crippen LogP) is 0.303. The third kappa shape index (κ3) is 6.36. The second kappa shape index (κ2) is 9.11. The molecule has 0 saturated heterocycles. The highest BCUT2D eigenvalue weighted by Gasteiger charge is 2.26. The van der Waals surface area contributed by atoms with Crippen LogP contribution in [-0.4, -0.2) is 51.1 Å². The molecule has 6 nitrogen and oxygen atoms in total. The molecule has 0 rings (SSSR count). The van der Waals surface area contributed by atoms with Crippen LogP contribution < -0.4 is 0 Å². The van der Waals surface area contributed by atoms with E-state index in [4.69, 9.17) is 14.6 Å². The van der Waals surface area contributed by atoms with Gasteiger partial charge >= 0.3 is 11.9 Å². The van der Waals surface area contributed by atoms with Gasteiger partial charge in [0.05, 0.1) is 20.3 Å². The third-order valence-corrected chi connectivity index (χ3v) is 2.00. The molecule has 16 heavy (non-hydrogen) atoms. The summed E-state index contributed by atoms with van der Waals surface area (Å²) in [4.78, 5) is 21.8. The highest BCUT2D eigenvalue weighted by atomic mass is 16.5. The molecular formula is C10H18O6. The summed E-state index contributed by atoms with van der Waals surface area (Å²) in [6.07, 6.45) is 0.713. The smallest absolute Gasteiger partial charge is 0.320 e. The van der Waals surface area contributed by atoms with Crippen LogP contribution in [-0.2, 0) is 23.8 Å². The van der Waals surface area contributed by atoms with Crippen molar-refractivity contribution < 1.29 is 28.9 Å². The Morgan fingerprint density at radius 2 is 1.88 bits per heavy atom. The van der Waals surface area contributed by atoms with Crippen molar-refractivity contribution >= 4 is 11.9 Å². The lowest BCUT2D eigenvalue weighted by Gasteiger charge is -2.09. The number of carbonyl (C=O) groups excluding carboxylic acids is 1. The zero-order valence-corrected chi connectivity index (χ0v) is 9.60. The Morgan fingerprint density at radius 3 is 2.38 bits per heavy atom. The molecule has 1 atom stereocenters. The van der Waals surface area contributed by atoms with Gasteiger partial charge < -0.3 is 19.3 Å². The minimum absolute atomic E-state index is 0.217. The molecular weight excluding hydrogens is 216 g/mol. The first-order valence-corrected chi connectivity index (χ1v) is 5.00. The van der Waals surface area contributed by atoms with Gasteiger partial charge in [-0.05, 0) is 12.8 Å². The summed E-state index contributed by atoms with van der Waals surface area (Å²) in [5.41, 5.74) is 0. The van der Waals surface area contributed by atoms with E-state index < -0.39 is 17.9 Å². The lowest BCUT2D eigenvalue weighted by Crippen LogP contribution is -2.25. The molecule has 0 aliphatic rings. The molecule has 0 heterocycles. The van der Waals surface area contributed by atoms with E-state index >= 15 is 0 Å². The van der Waals surface area contributed by atoms with Gasteiger partial charge in [-0.3, -0.25) is 9.59 Å². The van der Waals surface area contributed by atoms with Gasteiger partial charge in [-0.1, -0.05) is 0 Å². The summed E-state index contributed by atoms with van der Waals surface area (Å²) in [5, 5.41) is 8.75. The number of hydrogen-bond donors (Lipinski definition) is 1. The molecule has 1 N–H and O–H groups in total. The minimum atomic E-state index is -1.16. The predicted molar refractivity (Wildman–Crippen MR) is 55.1 cm³/mol. The van der Waals surface area contributed by atoms with E-state index in [-0.39, 0.29) is 6.42 Å². The van der Waals surface area contributed by atoms with Crippen LogP contribution in [0, 0.1) is 5.92 Å². The van der Waals surface area contributed by atoms with Gasteiger partial charge in [0, 0.05) is 13.7 Å². The molecule has 0 aromatic rings.